The number of halogens is 1. The lowest BCUT2D eigenvalue weighted by atomic mass is 9.68. The van der Waals surface area contributed by atoms with Crippen LogP contribution in [0.3, 0.4) is 0 Å². The Hall–Kier alpha value is -2.66. The lowest BCUT2D eigenvalue weighted by Gasteiger charge is -2.40. The molecular formula is C26H27BrN2O2. The van der Waals surface area contributed by atoms with Crippen LogP contribution in [0.2, 0.25) is 0 Å². The number of allylic oxidation sites excluding steroid dienone is 3. The number of carbonyl (C=O) groups is 2. The Morgan fingerprint density at radius 1 is 1.06 bits per heavy atom. The largest absolute Gasteiger partial charge is 0.362 e. The molecule has 160 valence electrons. The Labute approximate surface area is 191 Å². The van der Waals surface area contributed by atoms with E-state index < -0.39 is 5.92 Å². The zero-order chi connectivity index (χ0) is 22.3. The highest BCUT2D eigenvalue weighted by Gasteiger charge is 2.43. The molecule has 2 aromatic rings. The summed E-state index contributed by atoms with van der Waals surface area (Å²) in [5.74, 6) is -0.503. The van der Waals surface area contributed by atoms with E-state index in [0.717, 1.165) is 39.1 Å². The average Bonchev–Trinajstić information content (AvgIpc) is 2.68. The van der Waals surface area contributed by atoms with Gasteiger partial charge in [0, 0.05) is 45.0 Å². The van der Waals surface area contributed by atoms with Gasteiger partial charge in [0.05, 0.1) is 0 Å². The first-order valence-corrected chi connectivity index (χ1v) is 11.3. The van der Waals surface area contributed by atoms with Gasteiger partial charge in [-0.25, -0.2) is 0 Å². The van der Waals surface area contributed by atoms with Gasteiger partial charge >= 0.3 is 0 Å². The van der Waals surface area contributed by atoms with E-state index in [0.29, 0.717) is 17.6 Å². The second-order valence-corrected chi connectivity index (χ2v) is 10.1. The lowest BCUT2D eigenvalue weighted by molar-refractivity contribution is -0.118. The van der Waals surface area contributed by atoms with Crippen LogP contribution in [0.15, 0.2) is 75.5 Å². The first-order chi connectivity index (χ1) is 14.7. The van der Waals surface area contributed by atoms with Crippen LogP contribution in [0.1, 0.15) is 50.7 Å². The minimum absolute atomic E-state index is 0.105. The number of anilines is 1. The first kappa shape index (κ1) is 21.6. The van der Waals surface area contributed by atoms with E-state index in [4.69, 9.17) is 0 Å². The van der Waals surface area contributed by atoms with Crippen molar-refractivity contribution in [3.05, 3.63) is 86.7 Å². The van der Waals surface area contributed by atoms with E-state index in [1.165, 1.54) is 0 Å². The van der Waals surface area contributed by atoms with E-state index in [1.807, 2.05) is 62.4 Å². The van der Waals surface area contributed by atoms with Crippen molar-refractivity contribution in [3.63, 3.8) is 0 Å². The summed E-state index contributed by atoms with van der Waals surface area (Å²) < 4.78 is 0.889. The van der Waals surface area contributed by atoms with Crippen molar-refractivity contribution < 1.29 is 9.59 Å². The van der Waals surface area contributed by atoms with Gasteiger partial charge in [0.15, 0.2) is 5.78 Å². The number of carbonyl (C=O) groups excluding carboxylic acids is 2. The third-order valence-corrected chi connectivity index (χ3v) is 6.82. The van der Waals surface area contributed by atoms with Crippen molar-refractivity contribution >= 4 is 33.3 Å². The normalized spacial score (nSPS) is 20.3. The third-order valence-electron chi connectivity index (χ3n) is 6.09. The monoisotopic (exact) mass is 478 g/mol. The molecule has 0 aromatic heterocycles. The molecule has 0 fully saturated rings. The highest BCUT2D eigenvalue weighted by molar-refractivity contribution is 9.10. The third kappa shape index (κ3) is 4.11. The first-order valence-electron chi connectivity index (χ1n) is 10.5. The summed E-state index contributed by atoms with van der Waals surface area (Å²) in [6.07, 6.45) is 1.25. The number of aryl methyl sites for hydroxylation is 1. The van der Waals surface area contributed by atoms with Gasteiger partial charge in [-0.1, -0.05) is 66.2 Å². The molecule has 2 aromatic carbocycles. The molecule has 2 N–H and O–H groups in total. The number of amides is 1. The second kappa shape index (κ2) is 8.12. The zero-order valence-electron chi connectivity index (χ0n) is 18.3. The van der Waals surface area contributed by atoms with Gasteiger partial charge in [0.2, 0.25) is 0 Å². The molecule has 1 aliphatic heterocycles. The van der Waals surface area contributed by atoms with Crippen LogP contribution in [0.25, 0.3) is 0 Å². The zero-order valence-corrected chi connectivity index (χ0v) is 19.9. The van der Waals surface area contributed by atoms with Gasteiger partial charge in [-0.2, -0.15) is 0 Å². The summed E-state index contributed by atoms with van der Waals surface area (Å²) in [5, 5.41) is 6.49. The van der Waals surface area contributed by atoms with Crippen LogP contribution in [-0.4, -0.2) is 11.7 Å². The Kier molecular flexibility index (Phi) is 5.65. The highest BCUT2D eigenvalue weighted by atomic mass is 79.9. The minimum atomic E-state index is -0.417. The van der Waals surface area contributed by atoms with E-state index in [9.17, 15) is 9.59 Å². The minimum Gasteiger partial charge on any atom is -0.362 e. The van der Waals surface area contributed by atoms with Gasteiger partial charge in [-0.05, 0) is 48.9 Å². The SMILES string of the molecule is CC1=C(C(=O)Nc2ccccc2C)C(c2ccccc2Br)C2=C(CC(C)(C)CC2=O)N1. The fourth-order valence-corrected chi connectivity index (χ4v) is 5.17. The number of rotatable bonds is 3. The topological polar surface area (TPSA) is 58.2 Å². The molecular weight excluding hydrogens is 452 g/mol. The quantitative estimate of drug-likeness (QED) is 0.568. The summed E-state index contributed by atoms with van der Waals surface area (Å²) in [4.78, 5) is 26.9. The van der Waals surface area contributed by atoms with Crippen molar-refractivity contribution in [2.24, 2.45) is 5.41 Å². The van der Waals surface area contributed by atoms with Crippen LogP contribution in [0.4, 0.5) is 5.69 Å². The molecule has 31 heavy (non-hydrogen) atoms. The molecule has 0 bridgehead atoms. The van der Waals surface area contributed by atoms with Crippen LogP contribution in [-0.2, 0) is 9.59 Å². The molecule has 1 amide bonds. The summed E-state index contributed by atoms with van der Waals surface area (Å²) in [5.41, 5.74) is 5.61. The fraction of sp³-hybridized carbons (Fsp3) is 0.308. The van der Waals surface area contributed by atoms with E-state index in [1.54, 1.807) is 0 Å². The standard InChI is InChI=1S/C26H27BrN2O2/c1-15-9-5-8-12-19(15)29-25(31)22-16(2)28-20-13-26(3,4)14-21(30)24(20)23(22)17-10-6-7-11-18(17)27/h5-12,23,28H,13-14H2,1-4H3,(H,29,31). The summed E-state index contributed by atoms with van der Waals surface area (Å²) in [6, 6.07) is 15.6. The van der Waals surface area contributed by atoms with Crippen molar-refractivity contribution in [1.29, 1.82) is 0 Å². The van der Waals surface area contributed by atoms with Gasteiger partial charge < -0.3 is 10.6 Å². The number of para-hydroxylation sites is 1. The molecule has 5 heteroatoms. The molecule has 0 spiro atoms. The average molecular weight is 479 g/mol. The smallest absolute Gasteiger partial charge is 0.254 e. The van der Waals surface area contributed by atoms with E-state index >= 15 is 0 Å². The van der Waals surface area contributed by atoms with E-state index in [2.05, 4.69) is 40.4 Å². The number of hydrogen-bond acceptors (Lipinski definition) is 3. The molecule has 4 rings (SSSR count). The van der Waals surface area contributed by atoms with Crippen LogP contribution >= 0.6 is 15.9 Å². The molecule has 0 saturated heterocycles. The molecule has 2 aliphatic rings. The Morgan fingerprint density at radius 3 is 2.45 bits per heavy atom. The molecule has 1 aliphatic carbocycles. The fourth-order valence-electron chi connectivity index (χ4n) is 4.66. The maximum absolute atomic E-state index is 13.6. The molecule has 1 unspecified atom stereocenters. The lowest BCUT2D eigenvalue weighted by Crippen LogP contribution is -2.39. The Bertz CT molecular complexity index is 1140. The highest BCUT2D eigenvalue weighted by Crippen LogP contribution is 2.48. The van der Waals surface area contributed by atoms with Gasteiger partial charge in [0.25, 0.3) is 5.91 Å². The van der Waals surface area contributed by atoms with Crippen molar-refractivity contribution in [3.8, 4) is 0 Å². The number of Topliss-reactive ketones (excluding diaryl/α,β-unsaturated/α-hetero) is 1. The number of nitrogens with one attached hydrogen (secondary N) is 2. The number of dihydropyridines is 1. The molecule has 1 atom stereocenters. The predicted molar refractivity (Wildman–Crippen MR) is 128 cm³/mol. The van der Waals surface area contributed by atoms with Gasteiger partial charge in [0.1, 0.15) is 0 Å². The van der Waals surface area contributed by atoms with Gasteiger partial charge in [-0.3, -0.25) is 9.59 Å². The Morgan fingerprint density at radius 2 is 1.74 bits per heavy atom. The Balaban J connectivity index is 1.84. The van der Waals surface area contributed by atoms with Crippen molar-refractivity contribution in [2.75, 3.05) is 5.32 Å². The summed E-state index contributed by atoms with van der Waals surface area (Å²) in [7, 11) is 0. The summed E-state index contributed by atoms with van der Waals surface area (Å²) >= 11 is 3.66. The molecule has 0 radical (unpaired) electrons. The predicted octanol–water partition coefficient (Wildman–Crippen LogP) is 6.00. The van der Waals surface area contributed by atoms with Crippen molar-refractivity contribution in [1.82, 2.24) is 5.32 Å². The van der Waals surface area contributed by atoms with Crippen LogP contribution in [0, 0.1) is 12.3 Å². The maximum Gasteiger partial charge on any atom is 0.254 e. The van der Waals surface area contributed by atoms with Crippen LogP contribution < -0.4 is 10.6 Å². The van der Waals surface area contributed by atoms with Crippen LogP contribution in [0.5, 0.6) is 0 Å². The maximum atomic E-state index is 13.6. The second-order valence-electron chi connectivity index (χ2n) is 9.22. The number of hydrogen-bond donors (Lipinski definition) is 2. The number of ketones is 1. The van der Waals surface area contributed by atoms with Crippen molar-refractivity contribution in [2.45, 2.75) is 46.5 Å². The number of benzene rings is 2. The molecule has 1 heterocycles. The van der Waals surface area contributed by atoms with E-state index in [-0.39, 0.29) is 17.1 Å². The summed E-state index contributed by atoms with van der Waals surface area (Å²) in [6.45, 7) is 8.12. The molecule has 0 saturated carbocycles. The molecule has 4 nitrogen and oxygen atoms in total. The van der Waals surface area contributed by atoms with Gasteiger partial charge in [-0.15, -0.1) is 0 Å².